The van der Waals surface area contributed by atoms with Gasteiger partial charge in [0, 0.05) is 13.0 Å². The van der Waals surface area contributed by atoms with E-state index in [9.17, 15) is 14.0 Å². The van der Waals surface area contributed by atoms with E-state index in [2.05, 4.69) is 0 Å². The van der Waals surface area contributed by atoms with E-state index in [1.54, 1.807) is 0 Å². The molecule has 0 bridgehead atoms. The highest BCUT2D eigenvalue weighted by molar-refractivity contribution is 6.01. The monoisotopic (exact) mass is 220 g/mol. The molecule has 0 saturated carbocycles. The molecule has 0 aromatic rings. The number of carboxylic acids is 2. The second-order valence-corrected chi connectivity index (χ2v) is 3.60. The largest absolute Gasteiger partial charge is 0.478 e. The molecule has 6 heteroatoms. The van der Waals surface area contributed by atoms with Gasteiger partial charge in [0.05, 0.1) is 6.10 Å². The van der Waals surface area contributed by atoms with Crippen LogP contribution in [0.25, 0.3) is 0 Å². The number of rotatable bonds is 4. The number of aliphatic carboxylic acids is 2. The molecule has 0 amide bonds. The summed E-state index contributed by atoms with van der Waals surface area (Å²) in [6.07, 6.45) is 0.913. The Balaban J connectivity index is 2.65. The smallest absolute Gasteiger partial charge is 0.353 e. The molecule has 1 atom stereocenters. The summed E-state index contributed by atoms with van der Waals surface area (Å²) in [6.45, 7) is 0.431. The van der Waals surface area contributed by atoms with Crippen molar-refractivity contribution in [2.75, 3.05) is 6.61 Å². The number of alkyl halides is 1. The lowest BCUT2D eigenvalue weighted by molar-refractivity contribution is -0.171. The number of carbonyl (C=O) groups is 2. The SMILES string of the molecule is O=C(O)C(F)(C[C@@H]1CCCCO1)C(=O)O. The Hall–Kier alpha value is -1.17. The third-order valence-electron chi connectivity index (χ3n) is 2.46. The van der Waals surface area contributed by atoms with Crippen molar-refractivity contribution < 1.29 is 28.9 Å². The van der Waals surface area contributed by atoms with Crippen LogP contribution in [0.5, 0.6) is 0 Å². The Kier molecular flexibility index (Phi) is 3.62. The first-order valence-corrected chi connectivity index (χ1v) is 4.74. The third-order valence-corrected chi connectivity index (χ3v) is 2.46. The van der Waals surface area contributed by atoms with Crippen LogP contribution in [0.4, 0.5) is 4.39 Å². The number of halogens is 1. The zero-order valence-corrected chi connectivity index (χ0v) is 8.11. The summed E-state index contributed by atoms with van der Waals surface area (Å²) in [6, 6.07) is 0. The summed E-state index contributed by atoms with van der Waals surface area (Å²) >= 11 is 0. The quantitative estimate of drug-likeness (QED) is 0.685. The topological polar surface area (TPSA) is 83.8 Å². The maximum atomic E-state index is 13.5. The highest BCUT2D eigenvalue weighted by Gasteiger charge is 2.49. The van der Waals surface area contributed by atoms with Crippen LogP contribution in [0.3, 0.4) is 0 Å². The number of ether oxygens (including phenoxy) is 1. The van der Waals surface area contributed by atoms with E-state index >= 15 is 0 Å². The van der Waals surface area contributed by atoms with Gasteiger partial charge in [0.1, 0.15) is 0 Å². The van der Waals surface area contributed by atoms with E-state index in [0.717, 1.165) is 12.8 Å². The zero-order valence-electron chi connectivity index (χ0n) is 8.11. The molecule has 5 nitrogen and oxygen atoms in total. The van der Waals surface area contributed by atoms with Crippen molar-refractivity contribution in [1.82, 2.24) is 0 Å². The summed E-state index contributed by atoms with van der Waals surface area (Å²) in [7, 11) is 0. The van der Waals surface area contributed by atoms with Gasteiger partial charge in [-0.25, -0.2) is 14.0 Å². The fourth-order valence-corrected chi connectivity index (χ4v) is 1.55. The average molecular weight is 220 g/mol. The van der Waals surface area contributed by atoms with Crippen molar-refractivity contribution in [3.63, 3.8) is 0 Å². The lowest BCUT2D eigenvalue weighted by atomic mass is 9.94. The van der Waals surface area contributed by atoms with Crippen LogP contribution in [0, 0.1) is 0 Å². The van der Waals surface area contributed by atoms with Gasteiger partial charge in [-0.1, -0.05) is 0 Å². The molecule has 1 aliphatic heterocycles. The Morgan fingerprint density at radius 1 is 1.33 bits per heavy atom. The molecular formula is C9H13FO5. The van der Waals surface area contributed by atoms with E-state index in [4.69, 9.17) is 14.9 Å². The lowest BCUT2D eigenvalue weighted by Gasteiger charge is -2.26. The highest BCUT2D eigenvalue weighted by atomic mass is 19.1. The summed E-state index contributed by atoms with van der Waals surface area (Å²) in [4.78, 5) is 21.1. The van der Waals surface area contributed by atoms with E-state index < -0.39 is 30.1 Å². The van der Waals surface area contributed by atoms with Crippen molar-refractivity contribution in [2.24, 2.45) is 0 Å². The normalized spacial score (nSPS) is 22.3. The van der Waals surface area contributed by atoms with Gasteiger partial charge in [-0.2, -0.15) is 0 Å². The number of carboxylic acid groups (broad SMARTS) is 2. The van der Waals surface area contributed by atoms with Crippen LogP contribution in [0.1, 0.15) is 25.7 Å². The molecule has 1 fully saturated rings. The molecular weight excluding hydrogens is 207 g/mol. The molecule has 86 valence electrons. The molecule has 1 aliphatic rings. The first-order chi connectivity index (χ1) is 6.97. The van der Waals surface area contributed by atoms with Gasteiger partial charge in [-0.15, -0.1) is 0 Å². The maximum Gasteiger partial charge on any atom is 0.353 e. The molecule has 1 heterocycles. The first-order valence-electron chi connectivity index (χ1n) is 4.74. The summed E-state index contributed by atoms with van der Waals surface area (Å²) in [5.74, 6) is -3.94. The lowest BCUT2D eigenvalue weighted by Crippen LogP contribution is -2.45. The fraction of sp³-hybridized carbons (Fsp3) is 0.778. The van der Waals surface area contributed by atoms with Crippen molar-refractivity contribution in [3.05, 3.63) is 0 Å². The van der Waals surface area contributed by atoms with Gasteiger partial charge in [0.25, 0.3) is 0 Å². The molecule has 0 aromatic carbocycles. The van der Waals surface area contributed by atoms with Crippen molar-refractivity contribution in [3.8, 4) is 0 Å². The van der Waals surface area contributed by atoms with Crippen molar-refractivity contribution in [1.29, 1.82) is 0 Å². The second kappa shape index (κ2) is 4.57. The predicted octanol–water partition coefficient (Wildman–Crippen LogP) is 0.823. The minimum absolute atomic E-state index is 0.431. The minimum Gasteiger partial charge on any atom is -0.478 e. The first kappa shape index (κ1) is 11.9. The van der Waals surface area contributed by atoms with Crippen molar-refractivity contribution in [2.45, 2.75) is 37.5 Å². The zero-order chi connectivity index (χ0) is 11.5. The molecule has 0 unspecified atom stereocenters. The van der Waals surface area contributed by atoms with Crippen molar-refractivity contribution >= 4 is 11.9 Å². The van der Waals surface area contributed by atoms with Crippen LogP contribution in [0.15, 0.2) is 0 Å². The predicted molar refractivity (Wildman–Crippen MR) is 47.3 cm³/mol. The van der Waals surface area contributed by atoms with Crippen LogP contribution >= 0.6 is 0 Å². The van der Waals surface area contributed by atoms with Crippen LogP contribution in [0.2, 0.25) is 0 Å². The van der Waals surface area contributed by atoms with E-state index in [0.29, 0.717) is 13.0 Å². The summed E-state index contributed by atoms with van der Waals surface area (Å²) in [5.41, 5.74) is -3.23. The standard InChI is InChI=1S/C9H13FO5/c10-9(7(11)12,8(13)14)5-6-3-1-2-4-15-6/h6H,1-5H2,(H,11,12)(H,13,14)/t6-/m0/s1. The number of hydrogen-bond acceptors (Lipinski definition) is 3. The molecule has 1 rings (SSSR count). The Labute approximate surface area is 85.8 Å². The highest BCUT2D eigenvalue weighted by Crippen LogP contribution is 2.26. The van der Waals surface area contributed by atoms with Gasteiger partial charge in [0.15, 0.2) is 0 Å². The van der Waals surface area contributed by atoms with E-state index in [1.807, 2.05) is 0 Å². The molecule has 0 aliphatic carbocycles. The van der Waals surface area contributed by atoms with Crippen LogP contribution in [-0.4, -0.2) is 40.5 Å². The summed E-state index contributed by atoms with van der Waals surface area (Å²) in [5, 5.41) is 17.0. The molecule has 0 aromatic heterocycles. The number of hydrogen-bond donors (Lipinski definition) is 2. The Bertz CT molecular complexity index is 245. The molecule has 15 heavy (non-hydrogen) atoms. The molecule has 0 spiro atoms. The second-order valence-electron chi connectivity index (χ2n) is 3.60. The average Bonchev–Trinajstić information content (AvgIpc) is 2.18. The Morgan fingerprint density at radius 3 is 2.33 bits per heavy atom. The van der Waals surface area contributed by atoms with Crippen LogP contribution in [-0.2, 0) is 14.3 Å². The maximum absolute atomic E-state index is 13.5. The van der Waals surface area contributed by atoms with Gasteiger partial charge in [-0.05, 0) is 19.3 Å². The Morgan fingerprint density at radius 2 is 1.93 bits per heavy atom. The van der Waals surface area contributed by atoms with Gasteiger partial charge in [-0.3, -0.25) is 0 Å². The molecule has 2 N–H and O–H groups in total. The van der Waals surface area contributed by atoms with E-state index in [-0.39, 0.29) is 0 Å². The minimum atomic E-state index is -3.23. The van der Waals surface area contributed by atoms with Gasteiger partial charge < -0.3 is 14.9 Å². The van der Waals surface area contributed by atoms with Gasteiger partial charge >= 0.3 is 17.6 Å². The third kappa shape index (κ3) is 2.65. The van der Waals surface area contributed by atoms with Gasteiger partial charge in [0.2, 0.25) is 0 Å². The van der Waals surface area contributed by atoms with Crippen LogP contribution < -0.4 is 0 Å². The fourth-order valence-electron chi connectivity index (χ4n) is 1.55. The molecule has 1 saturated heterocycles. The summed E-state index contributed by atoms with van der Waals surface area (Å²) < 4.78 is 18.6. The van der Waals surface area contributed by atoms with E-state index in [1.165, 1.54) is 0 Å². The molecule has 0 radical (unpaired) electrons.